The lowest BCUT2D eigenvalue weighted by atomic mass is 10.0. The quantitative estimate of drug-likeness (QED) is 0.593. The molecule has 0 radical (unpaired) electrons. The average Bonchev–Trinajstić information content (AvgIpc) is 2.45. The van der Waals surface area contributed by atoms with E-state index in [1.807, 2.05) is 31.2 Å². The van der Waals surface area contributed by atoms with Gasteiger partial charge in [-0.15, -0.1) is 0 Å². The van der Waals surface area contributed by atoms with E-state index in [9.17, 15) is 4.79 Å². The third kappa shape index (κ3) is 7.74. The topological polar surface area (TPSA) is 55.1 Å². The van der Waals surface area contributed by atoms with E-state index in [-0.39, 0.29) is 11.9 Å². The number of primary amides is 1. The van der Waals surface area contributed by atoms with Crippen molar-refractivity contribution >= 4 is 11.6 Å². The SMILES string of the molecule is CCCCCCCCCC(Nc1cccc(C)c1)C(N)=O. The summed E-state index contributed by atoms with van der Waals surface area (Å²) in [6.45, 7) is 4.27. The first-order valence-corrected chi connectivity index (χ1v) is 8.26. The Morgan fingerprint density at radius 2 is 1.81 bits per heavy atom. The Hall–Kier alpha value is -1.51. The zero-order valence-corrected chi connectivity index (χ0v) is 13.5. The summed E-state index contributed by atoms with van der Waals surface area (Å²) in [6, 6.07) is 7.79. The summed E-state index contributed by atoms with van der Waals surface area (Å²) >= 11 is 0. The van der Waals surface area contributed by atoms with Gasteiger partial charge in [-0.05, 0) is 31.0 Å². The zero-order chi connectivity index (χ0) is 15.5. The van der Waals surface area contributed by atoms with E-state index in [2.05, 4.69) is 12.2 Å². The fraction of sp³-hybridized carbons (Fsp3) is 0.611. The van der Waals surface area contributed by atoms with Gasteiger partial charge in [-0.25, -0.2) is 0 Å². The summed E-state index contributed by atoms with van der Waals surface area (Å²) in [5.74, 6) is -0.262. The van der Waals surface area contributed by atoms with Crippen LogP contribution in [-0.4, -0.2) is 11.9 Å². The van der Waals surface area contributed by atoms with Crippen molar-refractivity contribution in [1.82, 2.24) is 0 Å². The molecule has 0 aliphatic rings. The van der Waals surface area contributed by atoms with Gasteiger partial charge in [-0.1, -0.05) is 64.0 Å². The molecule has 3 nitrogen and oxygen atoms in total. The van der Waals surface area contributed by atoms with E-state index in [0.29, 0.717) is 0 Å². The van der Waals surface area contributed by atoms with Crippen LogP contribution in [0.2, 0.25) is 0 Å². The van der Waals surface area contributed by atoms with Crippen molar-refractivity contribution in [3.8, 4) is 0 Å². The summed E-state index contributed by atoms with van der Waals surface area (Å²) in [5, 5.41) is 3.26. The second-order valence-corrected chi connectivity index (χ2v) is 5.88. The molecule has 0 aliphatic carbocycles. The van der Waals surface area contributed by atoms with E-state index in [0.717, 1.165) is 18.5 Å². The Labute approximate surface area is 129 Å². The number of rotatable bonds is 11. The summed E-state index contributed by atoms with van der Waals surface area (Å²) in [5.41, 5.74) is 7.66. The van der Waals surface area contributed by atoms with Gasteiger partial charge in [0.05, 0.1) is 0 Å². The summed E-state index contributed by atoms with van der Waals surface area (Å²) in [4.78, 5) is 11.6. The first-order chi connectivity index (χ1) is 10.1. The van der Waals surface area contributed by atoms with Crippen molar-refractivity contribution in [1.29, 1.82) is 0 Å². The minimum Gasteiger partial charge on any atom is -0.374 e. The van der Waals surface area contributed by atoms with Gasteiger partial charge in [0, 0.05) is 5.69 Å². The molecule has 1 amide bonds. The fourth-order valence-electron chi connectivity index (χ4n) is 2.53. The number of hydrogen-bond donors (Lipinski definition) is 2. The molecule has 1 aromatic rings. The van der Waals surface area contributed by atoms with Crippen LogP contribution in [-0.2, 0) is 4.79 Å². The molecular weight excluding hydrogens is 260 g/mol. The highest BCUT2D eigenvalue weighted by Crippen LogP contribution is 2.15. The Kier molecular flexibility index (Phi) is 8.56. The zero-order valence-electron chi connectivity index (χ0n) is 13.5. The molecule has 1 unspecified atom stereocenters. The summed E-state index contributed by atoms with van der Waals surface area (Å²) < 4.78 is 0. The molecule has 118 valence electrons. The van der Waals surface area contributed by atoms with Crippen molar-refractivity contribution in [2.45, 2.75) is 71.3 Å². The number of aryl methyl sites for hydroxylation is 1. The predicted molar refractivity (Wildman–Crippen MR) is 90.4 cm³/mol. The van der Waals surface area contributed by atoms with Crippen LogP contribution in [0.15, 0.2) is 24.3 Å². The van der Waals surface area contributed by atoms with Crippen LogP contribution in [0.3, 0.4) is 0 Å². The second kappa shape index (κ2) is 10.3. The highest BCUT2D eigenvalue weighted by atomic mass is 16.1. The van der Waals surface area contributed by atoms with Crippen molar-refractivity contribution in [2.75, 3.05) is 5.32 Å². The number of nitrogens with two attached hydrogens (primary N) is 1. The number of amides is 1. The maximum Gasteiger partial charge on any atom is 0.239 e. The Bertz CT molecular complexity index is 417. The summed E-state index contributed by atoms with van der Waals surface area (Å²) in [6.07, 6.45) is 9.56. The third-order valence-electron chi connectivity index (χ3n) is 3.80. The monoisotopic (exact) mass is 290 g/mol. The lowest BCUT2D eigenvalue weighted by molar-refractivity contribution is -0.118. The molecule has 1 aromatic carbocycles. The molecule has 0 heterocycles. The number of carbonyl (C=O) groups is 1. The fourth-order valence-corrected chi connectivity index (χ4v) is 2.53. The van der Waals surface area contributed by atoms with Crippen LogP contribution in [0.5, 0.6) is 0 Å². The van der Waals surface area contributed by atoms with Gasteiger partial charge in [0.2, 0.25) is 5.91 Å². The molecule has 0 bridgehead atoms. The second-order valence-electron chi connectivity index (χ2n) is 5.88. The lowest BCUT2D eigenvalue weighted by Crippen LogP contribution is -2.35. The number of carbonyl (C=O) groups excluding carboxylic acids is 1. The normalized spacial score (nSPS) is 12.1. The smallest absolute Gasteiger partial charge is 0.239 e. The molecule has 0 saturated heterocycles. The first kappa shape index (κ1) is 17.5. The van der Waals surface area contributed by atoms with Crippen LogP contribution in [0.1, 0.15) is 63.9 Å². The van der Waals surface area contributed by atoms with E-state index in [1.54, 1.807) is 0 Å². The first-order valence-electron chi connectivity index (χ1n) is 8.26. The largest absolute Gasteiger partial charge is 0.374 e. The van der Waals surface area contributed by atoms with Crippen molar-refractivity contribution in [3.05, 3.63) is 29.8 Å². The van der Waals surface area contributed by atoms with Gasteiger partial charge < -0.3 is 11.1 Å². The van der Waals surface area contributed by atoms with Crippen LogP contribution >= 0.6 is 0 Å². The van der Waals surface area contributed by atoms with Crippen LogP contribution < -0.4 is 11.1 Å². The van der Waals surface area contributed by atoms with E-state index in [1.165, 1.54) is 44.1 Å². The molecule has 3 N–H and O–H groups in total. The van der Waals surface area contributed by atoms with Crippen molar-refractivity contribution in [2.24, 2.45) is 5.73 Å². The van der Waals surface area contributed by atoms with E-state index in [4.69, 9.17) is 5.73 Å². The maximum absolute atomic E-state index is 11.6. The highest BCUT2D eigenvalue weighted by Gasteiger charge is 2.14. The van der Waals surface area contributed by atoms with Gasteiger partial charge in [-0.2, -0.15) is 0 Å². The van der Waals surface area contributed by atoms with Crippen LogP contribution in [0.4, 0.5) is 5.69 Å². The highest BCUT2D eigenvalue weighted by molar-refractivity contribution is 5.82. The number of nitrogens with one attached hydrogen (secondary N) is 1. The Balaban J connectivity index is 2.29. The van der Waals surface area contributed by atoms with Crippen molar-refractivity contribution < 1.29 is 4.79 Å². The van der Waals surface area contributed by atoms with Gasteiger partial charge in [-0.3, -0.25) is 4.79 Å². The minimum absolute atomic E-state index is 0.262. The van der Waals surface area contributed by atoms with Crippen LogP contribution in [0.25, 0.3) is 0 Å². The Morgan fingerprint density at radius 3 is 2.43 bits per heavy atom. The molecule has 0 aliphatic heterocycles. The number of hydrogen-bond acceptors (Lipinski definition) is 2. The minimum atomic E-state index is -0.262. The van der Waals surface area contributed by atoms with Gasteiger partial charge in [0.1, 0.15) is 6.04 Å². The molecule has 0 aromatic heterocycles. The standard InChI is InChI=1S/C18H30N2O/c1-3-4-5-6-7-8-9-13-17(18(19)21)20-16-12-10-11-15(2)14-16/h10-12,14,17,20H,3-9,13H2,1-2H3,(H2,19,21). The number of unbranched alkanes of at least 4 members (excludes halogenated alkanes) is 6. The molecule has 0 fully saturated rings. The van der Waals surface area contributed by atoms with Gasteiger partial charge >= 0.3 is 0 Å². The molecule has 21 heavy (non-hydrogen) atoms. The third-order valence-corrected chi connectivity index (χ3v) is 3.80. The predicted octanol–water partition coefficient (Wildman–Crippen LogP) is 4.40. The molecule has 0 spiro atoms. The van der Waals surface area contributed by atoms with Gasteiger partial charge in [0.15, 0.2) is 0 Å². The molecular formula is C18H30N2O. The maximum atomic E-state index is 11.6. The summed E-state index contributed by atoms with van der Waals surface area (Å²) in [7, 11) is 0. The van der Waals surface area contributed by atoms with E-state index < -0.39 is 0 Å². The molecule has 1 rings (SSSR count). The average molecular weight is 290 g/mol. The number of anilines is 1. The molecule has 3 heteroatoms. The van der Waals surface area contributed by atoms with E-state index >= 15 is 0 Å². The van der Waals surface area contributed by atoms with Crippen LogP contribution in [0, 0.1) is 6.92 Å². The molecule has 0 saturated carbocycles. The molecule has 1 atom stereocenters. The Morgan fingerprint density at radius 1 is 1.14 bits per heavy atom. The van der Waals surface area contributed by atoms with Crippen molar-refractivity contribution in [3.63, 3.8) is 0 Å². The lowest BCUT2D eigenvalue weighted by Gasteiger charge is -2.17. The van der Waals surface area contributed by atoms with Gasteiger partial charge in [0.25, 0.3) is 0 Å². The number of benzene rings is 1.